The molecule has 1 saturated heterocycles. The Morgan fingerprint density at radius 3 is 2.56 bits per heavy atom. The van der Waals surface area contributed by atoms with Gasteiger partial charge >= 0.3 is 6.18 Å². The molecule has 5 rings (SSSR count). The molecule has 1 amide bonds. The molecular weight excluding hydrogens is 529 g/mol. The standard InChI is InChI=1S/C31H31F3N6O/c1-21(2)28-9-7-24(17-23(28)6-8-27-19-35-29-5-4-10-36-40(27)29)30(41)37-26-16-22(15-25(18-26)31(32,33)34)20-39-13-11-38(3)12-14-39/h4-5,7,9-10,15-19,21H,11-14,20H2,1-3H3,(H,37,41). The molecule has 1 N–H and O–H groups in total. The Bertz CT molecular complexity index is 1620. The van der Waals surface area contributed by atoms with Crippen LogP contribution in [0.5, 0.6) is 0 Å². The van der Waals surface area contributed by atoms with Crippen molar-refractivity contribution in [1.82, 2.24) is 24.4 Å². The van der Waals surface area contributed by atoms with Crippen LogP contribution in [0.4, 0.5) is 18.9 Å². The fourth-order valence-corrected chi connectivity index (χ4v) is 4.84. The van der Waals surface area contributed by atoms with Crippen LogP contribution in [0, 0.1) is 11.8 Å². The Balaban J connectivity index is 1.42. The van der Waals surface area contributed by atoms with Crippen LogP contribution < -0.4 is 5.32 Å². The maximum atomic E-state index is 13.8. The number of anilines is 1. The molecule has 2 aromatic heterocycles. The van der Waals surface area contributed by atoms with E-state index >= 15 is 0 Å². The third-order valence-electron chi connectivity index (χ3n) is 7.12. The first kappa shape index (κ1) is 28.3. The van der Waals surface area contributed by atoms with Gasteiger partial charge in [0.05, 0.1) is 11.8 Å². The van der Waals surface area contributed by atoms with Gasteiger partial charge in [-0.1, -0.05) is 25.8 Å². The highest BCUT2D eigenvalue weighted by molar-refractivity contribution is 6.04. The summed E-state index contributed by atoms with van der Waals surface area (Å²) in [4.78, 5) is 21.9. The van der Waals surface area contributed by atoms with Gasteiger partial charge in [-0.2, -0.15) is 18.3 Å². The van der Waals surface area contributed by atoms with E-state index in [2.05, 4.69) is 37.0 Å². The van der Waals surface area contributed by atoms with Gasteiger partial charge < -0.3 is 10.2 Å². The van der Waals surface area contributed by atoms with Crippen LogP contribution in [0.25, 0.3) is 5.65 Å². The SMILES string of the molecule is CC(C)c1ccc(C(=O)Nc2cc(CN3CCN(C)CC3)cc(C(F)(F)F)c2)cc1C#Cc1cnc2cccnn12. The molecule has 0 aliphatic carbocycles. The van der Waals surface area contributed by atoms with E-state index in [1.807, 2.05) is 33.0 Å². The maximum Gasteiger partial charge on any atom is 0.416 e. The van der Waals surface area contributed by atoms with Crippen LogP contribution in [0.15, 0.2) is 60.9 Å². The van der Waals surface area contributed by atoms with Gasteiger partial charge in [0.25, 0.3) is 5.91 Å². The van der Waals surface area contributed by atoms with Crippen molar-refractivity contribution in [2.45, 2.75) is 32.5 Å². The predicted molar refractivity (Wildman–Crippen MR) is 152 cm³/mol. The van der Waals surface area contributed by atoms with Crippen molar-refractivity contribution in [3.05, 3.63) is 94.4 Å². The van der Waals surface area contributed by atoms with Gasteiger partial charge in [-0.25, -0.2) is 9.50 Å². The summed E-state index contributed by atoms with van der Waals surface area (Å²) in [6.45, 7) is 7.68. The number of piperazine rings is 1. The van der Waals surface area contributed by atoms with E-state index in [9.17, 15) is 18.0 Å². The molecule has 10 heteroatoms. The summed E-state index contributed by atoms with van der Waals surface area (Å²) in [6.07, 6.45) is -1.25. The number of carbonyl (C=O) groups excluding carboxylic acids is 1. The van der Waals surface area contributed by atoms with E-state index in [1.165, 1.54) is 0 Å². The first-order chi connectivity index (χ1) is 19.6. The van der Waals surface area contributed by atoms with Gasteiger partial charge in [-0.05, 0) is 72.5 Å². The molecule has 0 unspecified atom stereocenters. The molecule has 2 aromatic carbocycles. The van der Waals surface area contributed by atoms with Gasteiger partial charge in [0.1, 0.15) is 5.69 Å². The zero-order chi connectivity index (χ0) is 29.1. The number of rotatable bonds is 5. The largest absolute Gasteiger partial charge is 0.416 e. The van der Waals surface area contributed by atoms with Crippen molar-refractivity contribution in [3.8, 4) is 11.8 Å². The Labute approximate surface area is 237 Å². The van der Waals surface area contributed by atoms with Gasteiger partial charge in [-0.15, -0.1) is 0 Å². The third kappa shape index (κ3) is 6.76. The number of likely N-dealkylation sites (N-methyl/N-ethyl adjacent to an activating group) is 1. The molecule has 4 aromatic rings. The summed E-state index contributed by atoms with van der Waals surface area (Å²) >= 11 is 0. The molecule has 1 fully saturated rings. The van der Waals surface area contributed by atoms with Gasteiger partial charge in [0.2, 0.25) is 0 Å². The Morgan fingerprint density at radius 2 is 1.83 bits per heavy atom. The van der Waals surface area contributed by atoms with Crippen LogP contribution in [0.2, 0.25) is 0 Å². The summed E-state index contributed by atoms with van der Waals surface area (Å²) in [5.41, 5.74) is 2.98. The normalized spacial score (nSPS) is 14.7. The van der Waals surface area contributed by atoms with Gasteiger partial charge in [0.15, 0.2) is 5.65 Å². The van der Waals surface area contributed by atoms with E-state index in [0.717, 1.165) is 43.9 Å². The molecule has 7 nitrogen and oxygen atoms in total. The topological polar surface area (TPSA) is 65.8 Å². The number of nitrogens with zero attached hydrogens (tertiary/aromatic N) is 5. The third-order valence-corrected chi connectivity index (χ3v) is 7.12. The molecule has 41 heavy (non-hydrogen) atoms. The summed E-state index contributed by atoms with van der Waals surface area (Å²) in [5, 5.41) is 6.96. The van der Waals surface area contributed by atoms with E-state index in [1.54, 1.807) is 41.2 Å². The lowest BCUT2D eigenvalue weighted by molar-refractivity contribution is -0.137. The van der Waals surface area contributed by atoms with Crippen molar-refractivity contribution in [1.29, 1.82) is 0 Å². The van der Waals surface area contributed by atoms with Crippen LogP contribution in [-0.4, -0.2) is 63.5 Å². The Hall–Kier alpha value is -4.20. The number of aromatic nitrogens is 3. The van der Waals surface area contributed by atoms with E-state index in [0.29, 0.717) is 34.6 Å². The molecule has 1 aliphatic rings. The molecule has 0 atom stereocenters. The maximum absolute atomic E-state index is 13.8. The molecule has 0 spiro atoms. The summed E-state index contributed by atoms with van der Waals surface area (Å²) in [7, 11) is 2.02. The van der Waals surface area contributed by atoms with Gasteiger partial charge in [0, 0.05) is 55.7 Å². The Morgan fingerprint density at radius 1 is 1.05 bits per heavy atom. The number of hydrogen-bond donors (Lipinski definition) is 1. The second kappa shape index (κ2) is 11.7. The summed E-state index contributed by atoms with van der Waals surface area (Å²) < 4.78 is 42.9. The number of amides is 1. The highest BCUT2D eigenvalue weighted by atomic mass is 19.4. The highest BCUT2D eigenvalue weighted by Crippen LogP contribution is 2.33. The Kier molecular flexibility index (Phi) is 8.10. The minimum atomic E-state index is -4.54. The van der Waals surface area contributed by atoms with Crippen molar-refractivity contribution in [2.24, 2.45) is 0 Å². The first-order valence-corrected chi connectivity index (χ1v) is 13.4. The molecule has 0 bridgehead atoms. The molecular formula is C31H31F3N6O. The second-order valence-electron chi connectivity index (χ2n) is 10.6. The lowest BCUT2D eigenvalue weighted by Crippen LogP contribution is -2.43. The number of benzene rings is 2. The number of imidazole rings is 1. The zero-order valence-corrected chi connectivity index (χ0v) is 23.2. The molecule has 0 radical (unpaired) electrons. The zero-order valence-electron chi connectivity index (χ0n) is 23.2. The van der Waals surface area contributed by atoms with Gasteiger partial charge in [-0.3, -0.25) is 9.69 Å². The lowest BCUT2D eigenvalue weighted by atomic mass is 9.95. The second-order valence-corrected chi connectivity index (χ2v) is 10.6. The number of hydrogen-bond acceptors (Lipinski definition) is 5. The molecule has 212 valence electrons. The number of carbonyl (C=O) groups is 1. The molecule has 0 saturated carbocycles. The molecule has 3 heterocycles. The summed E-state index contributed by atoms with van der Waals surface area (Å²) in [5.74, 6) is 5.86. The lowest BCUT2D eigenvalue weighted by Gasteiger charge is -2.32. The first-order valence-electron chi connectivity index (χ1n) is 13.4. The van der Waals surface area contributed by atoms with Crippen molar-refractivity contribution < 1.29 is 18.0 Å². The highest BCUT2D eigenvalue weighted by Gasteiger charge is 2.31. The smallest absolute Gasteiger partial charge is 0.322 e. The van der Waals surface area contributed by atoms with Crippen LogP contribution in [0.1, 0.15) is 58.1 Å². The van der Waals surface area contributed by atoms with E-state index in [-0.39, 0.29) is 11.6 Å². The van der Waals surface area contributed by atoms with E-state index in [4.69, 9.17) is 0 Å². The quantitative estimate of drug-likeness (QED) is 0.337. The number of fused-ring (bicyclic) bond motifs is 1. The fourth-order valence-electron chi connectivity index (χ4n) is 4.84. The van der Waals surface area contributed by atoms with Crippen molar-refractivity contribution in [2.75, 3.05) is 38.5 Å². The average molecular weight is 561 g/mol. The van der Waals surface area contributed by atoms with Crippen molar-refractivity contribution in [3.63, 3.8) is 0 Å². The number of halogens is 3. The van der Waals surface area contributed by atoms with Crippen LogP contribution in [-0.2, 0) is 12.7 Å². The summed E-state index contributed by atoms with van der Waals surface area (Å²) in [6, 6.07) is 12.6. The van der Waals surface area contributed by atoms with Crippen molar-refractivity contribution >= 4 is 17.2 Å². The minimum Gasteiger partial charge on any atom is -0.322 e. The van der Waals surface area contributed by atoms with Crippen LogP contribution in [0.3, 0.4) is 0 Å². The predicted octanol–water partition coefficient (Wildman–Crippen LogP) is 5.27. The number of nitrogens with one attached hydrogen (secondary N) is 1. The number of alkyl halides is 3. The van der Waals surface area contributed by atoms with E-state index < -0.39 is 17.6 Å². The average Bonchev–Trinajstić information content (AvgIpc) is 3.35. The molecule has 1 aliphatic heterocycles. The van der Waals surface area contributed by atoms with Crippen LogP contribution >= 0.6 is 0 Å². The fraction of sp³-hybridized carbons (Fsp3) is 0.323. The minimum absolute atomic E-state index is 0.103. The monoisotopic (exact) mass is 560 g/mol.